The van der Waals surface area contributed by atoms with Gasteiger partial charge in [-0.25, -0.2) is 4.79 Å². The Hall–Kier alpha value is -3.58. The second-order valence-electron chi connectivity index (χ2n) is 10.1. The number of aromatic nitrogens is 1. The molecule has 1 aromatic heterocycles. The molecule has 0 aliphatic heterocycles. The summed E-state index contributed by atoms with van der Waals surface area (Å²) in [5.74, 6) is -3.23. The van der Waals surface area contributed by atoms with Crippen LogP contribution in [0.5, 0.6) is 0 Å². The Kier molecular flexibility index (Phi) is 12.9. The molecule has 0 spiro atoms. The average Bonchev–Trinajstić information content (AvgIpc) is 3.30. The molecule has 4 atom stereocenters. The fraction of sp³-hybridized carbons (Fsp3) is 0.519. The van der Waals surface area contributed by atoms with Crippen LogP contribution >= 0.6 is 11.8 Å². The topological polar surface area (TPSA) is 209 Å². The van der Waals surface area contributed by atoms with Gasteiger partial charge in [-0.2, -0.15) is 11.8 Å². The van der Waals surface area contributed by atoms with Gasteiger partial charge in [0.05, 0.1) is 6.04 Å². The number of para-hydroxylation sites is 1. The fourth-order valence-electron chi connectivity index (χ4n) is 4.22. The maximum atomic E-state index is 13.5. The van der Waals surface area contributed by atoms with E-state index in [0.29, 0.717) is 12.2 Å². The number of hydrogen-bond donors (Lipinski definition) is 7. The van der Waals surface area contributed by atoms with Crippen LogP contribution in [0.3, 0.4) is 0 Å². The Morgan fingerprint density at radius 2 is 1.57 bits per heavy atom. The van der Waals surface area contributed by atoms with E-state index >= 15 is 0 Å². The van der Waals surface area contributed by atoms with E-state index in [1.165, 1.54) is 11.8 Å². The molecule has 0 radical (unpaired) electrons. The molecule has 2 aromatic rings. The number of carbonyl (C=O) groups is 5. The van der Waals surface area contributed by atoms with Gasteiger partial charge in [0.25, 0.3) is 0 Å². The van der Waals surface area contributed by atoms with Crippen molar-refractivity contribution in [2.45, 2.75) is 70.1 Å². The molecular weight excluding hydrogens is 536 g/mol. The van der Waals surface area contributed by atoms with Crippen LogP contribution in [-0.4, -0.2) is 75.9 Å². The Labute approximate surface area is 237 Å². The highest BCUT2D eigenvalue weighted by atomic mass is 32.2. The zero-order valence-electron chi connectivity index (χ0n) is 23.1. The van der Waals surface area contributed by atoms with Crippen molar-refractivity contribution in [3.8, 4) is 0 Å². The number of carbonyl (C=O) groups excluding carboxylic acids is 4. The lowest BCUT2D eigenvalue weighted by Crippen LogP contribution is -2.57. The molecule has 2 rings (SSSR count). The van der Waals surface area contributed by atoms with E-state index in [1.807, 2.05) is 44.4 Å². The SMILES string of the molecule is CSCCC(NC(=O)C(CCC(N)=O)NC(=O)C(Cc1c[nH]c2ccccc12)NC(=O)C(N)CC(C)C)C(=O)O. The zero-order chi connectivity index (χ0) is 29.8. The first-order valence-corrected chi connectivity index (χ1v) is 14.5. The lowest BCUT2D eigenvalue weighted by Gasteiger charge is -2.25. The molecule has 40 heavy (non-hydrogen) atoms. The first-order valence-electron chi connectivity index (χ1n) is 13.1. The van der Waals surface area contributed by atoms with Crippen molar-refractivity contribution in [2.24, 2.45) is 17.4 Å². The van der Waals surface area contributed by atoms with Crippen LogP contribution in [0.15, 0.2) is 30.5 Å². The highest BCUT2D eigenvalue weighted by Crippen LogP contribution is 2.19. The number of fused-ring (bicyclic) bond motifs is 1. The number of amides is 4. The summed E-state index contributed by atoms with van der Waals surface area (Å²) in [6.45, 7) is 3.85. The molecule has 0 fully saturated rings. The van der Waals surface area contributed by atoms with E-state index in [0.717, 1.165) is 16.5 Å². The monoisotopic (exact) mass is 576 g/mol. The lowest BCUT2D eigenvalue weighted by molar-refractivity contribution is -0.142. The number of aliphatic carboxylic acids is 1. The third kappa shape index (κ3) is 10.2. The number of rotatable bonds is 17. The van der Waals surface area contributed by atoms with Gasteiger partial charge in [-0.1, -0.05) is 32.0 Å². The van der Waals surface area contributed by atoms with Crippen LogP contribution in [0.1, 0.15) is 45.1 Å². The van der Waals surface area contributed by atoms with Gasteiger partial charge in [-0.3, -0.25) is 19.2 Å². The number of carboxylic acids is 1. The average molecular weight is 577 g/mol. The normalized spacial score (nSPS) is 14.2. The predicted molar refractivity (Wildman–Crippen MR) is 154 cm³/mol. The van der Waals surface area contributed by atoms with Crippen LogP contribution < -0.4 is 27.4 Å². The summed E-state index contributed by atoms with van der Waals surface area (Å²) in [6, 6.07) is 3.08. The molecule has 0 saturated carbocycles. The third-order valence-corrected chi connectivity index (χ3v) is 6.98. The Bertz CT molecular complexity index is 1190. The van der Waals surface area contributed by atoms with Gasteiger partial charge in [0.15, 0.2) is 0 Å². The predicted octanol–water partition coefficient (Wildman–Crippen LogP) is 0.641. The largest absolute Gasteiger partial charge is 0.480 e. The summed E-state index contributed by atoms with van der Waals surface area (Å²) in [4.78, 5) is 65.8. The standard InChI is InChI=1S/C27H40N6O6S/c1-15(2)12-18(28)24(35)33-22(13-16-14-30-19-7-5-4-6-17(16)19)26(37)31-20(8-9-23(29)34)25(36)32-21(27(38)39)10-11-40-3/h4-7,14-15,18,20-22,30H,8-13,28H2,1-3H3,(H2,29,34)(H,31,37)(H,32,36)(H,33,35)(H,38,39). The third-order valence-electron chi connectivity index (χ3n) is 6.33. The van der Waals surface area contributed by atoms with Crippen LogP contribution in [-0.2, 0) is 30.4 Å². The van der Waals surface area contributed by atoms with Crippen molar-refractivity contribution in [1.29, 1.82) is 0 Å². The Morgan fingerprint density at radius 3 is 2.20 bits per heavy atom. The van der Waals surface area contributed by atoms with Crippen molar-refractivity contribution in [2.75, 3.05) is 12.0 Å². The molecule has 4 unspecified atom stereocenters. The molecule has 0 saturated heterocycles. The van der Waals surface area contributed by atoms with Gasteiger partial charge >= 0.3 is 5.97 Å². The quantitative estimate of drug-likeness (QED) is 0.142. The van der Waals surface area contributed by atoms with Gasteiger partial charge in [0.2, 0.25) is 23.6 Å². The maximum absolute atomic E-state index is 13.5. The van der Waals surface area contributed by atoms with Crippen LogP contribution in [0.2, 0.25) is 0 Å². The molecule has 12 nitrogen and oxygen atoms in total. The van der Waals surface area contributed by atoms with E-state index < -0.39 is 53.8 Å². The molecule has 0 aliphatic carbocycles. The van der Waals surface area contributed by atoms with Crippen molar-refractivity contribution >= 4 is 52.3 Å². The second kappa shape index (κ2) is 15.9. The smallest absolute Gasteiger partial charge is 0.326 e. The second-order valence-corrected chi connectivity index (χ2v) is 11.1. The van der Waals surface area contributed by atoms with E-state index in [4.69, 9.17) is 11.5 Å². The van der Waals surface area contributed by atoms with Crippen molar-refractivity contribution in [3.05, 3.63) is 36.0 Å². The molecule has 1 aromatic carbocycles. The highest BCUT2D eigenvalue weighted by Gasteiger charge is 2.31. The van der Waals surface area contributed by atoms with Gasteiger partial charge in [0, 0.05) is 29.9 Å². The number of benzene rings is 1. The number of H-pyrrole nitrogens is 1. The number of aromatic amines is 1. The molecule has 0 bridgehead atoms. The van der Waals surface area contributed by atoms with Crippen LogP contribution in [0.4, 0.5) is 0 Å². The molecule has 220 valence electrons. The van der Waals surface area contributed by atoms with Crippen molar-refractivity contribution in [3.63, 3.8) is 0 Å². The van der Waals surface area contributed by atoms with Gasteiger partial charge in [-0.05, 0) is 48.8 Å². The summed E-state index contributed by atoms with van der Waals surface area (Å²) in [7, 11) is 0. The van der Waals surface area contributed by atoms with Crippen LogP contribution in [0.25, 0.3) is 10.9 Å². The van der Waals surface area contributed by atoms with E-state index in [1.54, 1.807) is 6.20 Å². The molecule has 0 aliphatic rings. The summed E-state index contributed by atoms with van der Waals surface area (Å²) in [5.41, 5.74) is 12.9. The maximum Gasteiger partial charge on any atom is 0.326 e. The molecule has 4 amide bonds. The first kappa shape index (κ1) is 32.6. The first-order chi connectivity index (χ1) is 18.9. The zero-order valence-corrected chi connectivity index (χ0v) is 23.9. The van der Waals surface area contributed by atoms with Crippen LogP contribution in [0, 0.1) is 5.92 Å². The van der Waals surface area contributed by atoms with Gasteiger partial charge < -0.3 is 37.5 Å². The highest BCUT2D eigenvalue weighted by molar-refractivity contribution is 7.98. The Morgan fingerprint density at radius 1 is 0.950 bits per heavy atom. The number of thioether (sulfide) groups is 1. The number of nitrogens with two attached hydrogens (primary N) is 2. The minimum atomic E-state index is -1.26. The summed E-state index contributed by atoms with van der Waals surface area (Å²) in [5, 5.41) is 18.1. The molecule has 9 N–H and O–H groups in total. The number of nitrogens with one attached hydrogen (secondary N) is 4. The minimum Gasteiger partial charge on any atom is -0.480 e. The fourth-order valence-corrected chi connectivity index (χ4v) is 4.69. The summed E-state index contributed by atoms with van der Waals surface area (Å²) >= 11 is 1.43. The van der Waals surface area contributed by atoms with Gasteiger partial charge in [-0.15, -0.1) is 0 Å². The van der Waals surface area contributed by atoms with E-state index in [2.05, 4.69) is 20.9 Å². The van der Waals surface area contributed by atoms with Crippen molar-refractivity contribution < 1.29 is 29.1 Å². The number of hydrogen-bond acceptors (Lipinski definition) is 7. The molecule has 1 heterocycles. The Balaban J connectivity index is 2.30. The van der Waals surface area contributed by atoms with Gasteiger partial charge in [0.1, 0.15) is 18.1 Å². The summed E-state index contributed by atoms with van der Waals surface area (Å²) in [6.07, 6.45) is 3.85. The summed E-state index contributed by atoms with van der Waals surface area (Å²) < 4.78 is 0. The molecule has 13 heteroatoms. The van der Waals surface area contributed by atoms with E-state index in [-0.39, 0.29) is 31.6 Å². The van der Waals surface area contributed by atoms with Crippen molar-refractivity contribution in [1.82, 2.24) is 20.9 Å². The van der Waals surface area contributed by atoms with E-state index in [9.17, 15) is 29.1 Å². The molecular formula is C27H40N6O6S. The minimum absolute atomic E-state index is 0.0889. The number of carboxylic acid groups (broad SMARTS) is 1. The lowest BCUT2D eigenvalue weighted by atomic mass is 10.0. The number of primary amides is 1.